The van der Waals surface area contributed by atoms with Gasteiger partial charge in [-0.05, 0) is 31.9 Å². The van der Waals surface area contributed by atoms with Crippen molar-refractivity contribution in [2.45, 2.75) is 51.1 Å². The molecule has 18 heavy (non-hydrogen) atoms. The van der Waals surface area contributed by atoms with Crippen molar-refractivity contribution in [2.75, 3.05) is 11.9 Å². The zero-order valence-electron chi connectivity index (χ0n) is 11.3. The van der Waals surface area contributed by atoms with E-state index in [1.165, 1.54) is 38.2 Å². The van der Waals surface area contributed by atoms with Gasteiger partial charge in [-0.2, -0.15) is 0 Å². The van der Waals surface area contributed by atoms with Crippen LogP contribution < -0.4 is 10.6 Å². The van der Waals surface area contributed by atoms with Crippen LogP contribution in [-0.4, -0.2) is 13.1 Å². The van der Waals surface area contributed by atoms with Crippen molar-refractivity contribution in [1.82, 2.24) is 0 Å². The first-order valence-corrected chi connectivity index (χ1v) is 6.88. The highest BCUT2D eigenvalue weighted by Crippen LogP contribution is 2.32. The molecule has 0 aromatic heterocycles. The molecule has 1 saturated carbocycles. The summed E-state index contributed by atoms with van der Waals surface area (Å²) in [7, 11) is 2.07. The van der Waals surface area contributed by atoms with Crippen LogP contribution in [0.4, 0.5) is 10.1 Å². The molecule has 100 valence electrons. The lowest BCUT2D eigenvalue weighted by atomic mass is 9.93. The number of halogens is 1. The van der Waals surface area contributed by atoms with Crippen molar-refractivity contribution in [2.24, 2.45) is 5.73 Å². The molecule has 0 heterocycles. The van der Waals surface area contributed by atoms with Gasteiger partial charge in [0, 0.05) is 30.4 Å². The van der Waals surface area contributed by atoms with E-state index in [1.54, 1.807) is 6.07 Å². The van der Waals surface area contributed by atoms with E-state index in [4.69, 9.17) is 5.73 Å². The van der Waals surface area contributed by atoms with Crippen LogP contribution in [0.2, 0.25) is 0 Å². The van der Waals surface area contributed by atoms with Crippen LogP contribution in [-0.2, 0) is 0 Å². The third-order valence-electron chi connectivity index (χ3n) is 3.99. The van der Waals surface area contributed by atoms with Crippen LogP contribution in [0.1, 0.15) is 50.6 Å². The molecule has 1 atom stereocenters. The highest BCUT2D eigenvalue weighted by atomic mass is 19.1. The van der Waals surface area contributed by atoms with Gasteiger partial charge in [0.2, 0.25) is 0 Å². The van der Waals surface area contributed by atoms with Crippen molar-refractivity contribution in [3.63, 3.8) is 0 Å². The van der Waals surface area contributed by atoms with Crippen LogP contribution >= 0.6 is 0 Å². The van der Waals surface area contributed by atoms with Crippen LogP contribution in [0.5, 0.6) is 0 Å². The van der Waals surface area contributed by atoms with E-state index in [2.05, 4.69) is 11.9 Å². The highest BCUT2D eigenvalue weighted by molar-refractivity contribution is 5.55. The molecule has 1 aliphatic carbocycles. The Hall–Kier alpha value is -1.09. The minimum atomic E-state index is -0.271. The molecule has 2 N–H and O–H groups in total. The molecular weight excluding hydrogens is 227 g/mol. The highest BCUT2D eigenvalue weighted by Gasteiger charge is 2.22. The Kier molecular flexibility index (Phi) is 4.23. The summed E-state index contributed by atoms with van der Waals surface area (Å²) in [5, 5.41) is 0. The van der Waals surface area contributed by atoms with E-state index in [0.29, 0.717) is 11.6 Å². The Labute approximate surface area is 109 Å². The Bertz CT molecular complexity index is 397. The molecule has 0 radical (unpaired) electrons. The lowest BCUT2D eigenvalue weighted by Crippen LogP contribution is -2.34. The molecule has 0 bridgehead atoms. The van der Waals surface area contributed by atoms with Gasteiger partial charge in [-0.15, -0.1) is 0 Å². The SMILES string of the molecule is CC(N)c1c(F)cccc1N(C)C1CCCCC1. The Morgan fingerprint density at radius 2 is 1.94 bits per heavy atom. The van der Waals surface area contributed by atoms with E-state index >= 15 is 0 Å². The van der Waals surface area contributed by atoms with E-state index in [0.717, 1.165) is 5.69 Å². The Balaban J connectivity index is 2.28. The van der Waals surface area contributed by atoms with Gasteiger partial charge in [0.05, 0.1) is 0 Å². The van der Waals surface area contributed by atoms with E-state index in [9.17, 15) is 4.39 Å². The maximum atomic E-state index is 13.9. The molecule has 0 spiro atoms. The first-order valence-electron chi connectivity index (χ1n) is 6.88. The van der Waals surface area contributed by atoms with Crippen LogP contribution in [0.3, 0.4) is 0 Å². The van der Waals surface area contributed by atoms with Crippen molar-refractivity contribution >= 4 is 5.69 Å². The molecule has 0 amide bonds. The quantitative estimate of drug-likeness (QED) is 0.888. The summed E-state index contributed by atoms with van der Waals surface area (Å²) in [5.74, 6) is -0.190. The van der Waals surface area contributed by atoms with Crippen LogP contribution in [0.15, 0.2) is 18.2 Å². The predicted molar refractivity (Wildman–Crippen MR) is 74.3 cm³/mol. The lowest BCUT2D eigenvalue weighted by molar-refractivity contribution is 0.426. The normalized spacial score (nSPS) is 18.7. The average Bonchev–Trinajstić information content (AvgIpc) is 2.38. The molecule has 2 nitrogen and oxygen atoms in total. The minimum Gasteiger partial charge on any atom is -0.371 e. The zero-order valence-corrected chi connectivity index (χ0v) is 11.3. The van der Waals surface area contributed by atoms with Gasteiger partial charge in [0.25, 0.3) is 0 Å². The largest absolute Gasteiger partial charge is 0.371 e. The predicted octanol–water partition coefficient (Wildman–Crippen LogP) is 3.61. The van der Waals surface area contributed by atoms with Gasteiger partial charge in [-0.3, -0.25) is 0 Å². The average molecular weight is 250 g/mol. The monoisotopic (exact) mass is 250 g/mol. The van der Waals surface area contributed by atoms with Gasteiger partial charge in [0.1, 0.15) is 5.82 Å². The third-order valence-corrected chi connectivity index (χ3v) is 3.99. The first-order chi connectivity index (χ1) is 8.61. The summed E-state index contributed by atoms with van der Waals surface area (Å²) < 4.78 is 13.9. The number of rotatable bonds is 3. The summed E-state index contributed by atoms with van der Waals surface area (Å²) >= 11 is 0. The van der Waals surface area contributed by atoms with Crippen molar-refractivity contribution < 1.29 is 4.39 Å². The number of benzene rings is 1. The summed E-state index contributed by atoms with van der Waals surface area (Å²) in [6.07, 6.45) is 6.28. The standard InChI is InChI=1S/C15H23FN2/c1-11(17)15-13(16)9-6-10-14(15)18(2)12-7-4-3-5-8-12/h6,9-12H,3-5,7-8,17H2,1-2H3. The summed E-state index contributed by atoms with van der Waals surface area (Å²) in [5.41, 5.74) is 7.52. The molecule has 1 aromatic rings. The second-order valence-electron chi connectivity index (χ2n) is 5.36. The number of nitrogens with two attached hydrogens (primary N) is 1. The molecule has 1 aliphatic rings. The second-order valence-corrected chi connectivity index (χ2v) is 5.36. The van der Waals surface area contributed by atoms with Gasteiger partial charge in [-0.25, -0.2) is 4.39 Å². The molecular formula is C15H23FN2. The van der Waals surface area contributed by atoms with Gasteiger partial charge < -0.3 is 10.6 Å². The van der Waals surface area contributed by atoms with E-state index in [-0.39, 0.29) is 11.9 Å². The van der Waals surface area contributed by atoms with E-state index < -0.39 is 0 Å². The first kappa shape index (κ1) is 13.3. The fourth-order valence-electron chi connectivity index (χ4n) is 2.95. The Morgan fingerprint density at radius 3 is 2.56 bits per heavy atom. The van der Waals surface area contributed by atoms with E-state index in [1.807, 2.05) is 13.0 Å². The van der Waals surface area contributed by atoms with Gasteiger partial charge >= 0.3 is 0 Å². The molecule has 3 heteroatoms. The smallest absolute Gasteiger partial charge is 0.130 e. The topological polar surface area (TPSA) is 29.3 Å². The summed E-state index contributed by atoms with van der Waals surface area (Å²) in [6, 6.07) is 5.51. The number of hydrogen-bond donors (Lipinski definition) is 1. The molecule has 0 saturated heterocycles. The van der Waals surface area contributed by atoms with Crippen LogP contribution in [0, 0.1) is 5.82 Å². The Morgan fingerprint density at radius 1 is 1.28 bits per heavy atom. The fraction of sp³-hybridized carbons (Fsp3) is 0.600. The second kappa shape index (κ2) is 5.70. The van der Waals surface area contributed by atoms with Gasteiger partial charge in [-0.1, -0.05) is 25.3 Å². The molecule has 2 rings (SSSR count). The molecule has 1 aromatic carbocycles. The number of hydrogen-bond acceptors (Lipinski definition) is 2. The molecule has 1 fully saturated rings. The zero-order chi connectivity index (χ0) is 13.1. The minimum absolute atomic E-state index is 0.190. The third kappa shape index (κ3) is 2.66. The molecule has 0 aliphatic heterocycles. The van der Waals surface area contributed by atoms with Crippen molar-refractivity contribution in [1.29, 1.82) is 0 Å². The maximum absolute atomic E-state index is 13.9. The van der Waals surface area contributed by atoms with Crippen molar-refractivity contribution in [3.05, 3.63) is 29.6 Å². The molecule has 1 unspecified atom stereocenters. The maximum Gasteiger partial charge on any atom is 0.130 e. The van der Waals surface area contributed by atoms with Gasteiger partial charge in [0.15, 0.2) is 0 Å². The number of anilines is 1. The summed E-state index contributed by atoms with van der Waals surface area (Å²) in [6.45, 7) is 1.84. The van der Waals surface area contributed by atoms with Crippen molar-refractivity contribution in [3.8, 4) is 0 Å². The lowest BCUT2D eigenvalue weighted by Gasteiger charge is -2.34. The number of nitrogens with zero attached hydrogens (tertiary/aromatic N) is 1. The summed E-state index contributed by atoms with van der Waals surface area (Å²) in [4.78, 5) is 2.22. The van der Waals surface area contributed by atoms with Crippen LogP contribution in [0.25, 0.3) is 0 Å². The fourth-order valence-corrected chi connectivity index (χ4v) is 2.95.